The SMILES string of the molecule is Cl.O=C(CC1COCCN1)Nc1ccc(C(=O)N2CCCC2c2ccccc2)cc1. The summed E-state index contributed by atoms with van der Waals surface area (Å²) in [7, 11) is 0. The largest absolute Gasteiger partial charge is 0.378 e. The highest BCUT2D eigenvalue weighted by Gasteiger charge is 2.30. The fourth-order valence-electron chi connectivity index (χ4n) is 4.08. The van der Waals surface area contributed by atoms with E-state index in [-0.39, 0.29) is 36.3 Å². The van der Waals surface area contributed by atoms with E-state index in [1.165, 1.54) is 5.56 Å². The highest BCUT2D eigenvalue weighted by atomic mass is 35.5. The van der Waals surface area contributed by atoms with Crippen LogP contribution in [0.1, 0.15) is 41.2 Å². The summed E-state index contributed by atoms with van der Waals surface area (Å²) in [6, 6.07) is 17.6. The first-order valence-electron chi connectivity index (χ1n) is 10.3. The van der Waals surface area contributed by atoms with Crippen LogP contribution in [0, 0.1) is 0 Å². The first-order valence-corrected chi connectivity index (χ1v) is 10.3. The Bertz CT molecular complexity index is 839. The lowest BCUT2D eigenvalue weighted by Gasteiger charge is -2.25. The Labute approximate surface area is 183 Å². The maximum atomic E-state index is 13.0. The van der Waals surface area contributed by atoms with Gasteiger partial charge >= 0.3 is 0 Å². The van der Waals surface area contributed by atoms with Crippen LogP contribution in [-0.2, 0) is 9.53 Å². The Morgan fingerprint density at radius 1 is 1.10 bits per heavy atom. The van der Waals surface area contributed by atoms with Crippen LogP contribution in [0.15, 0.2) is 54.6 Å². The molecule has 2 atom stereocenters. The van der Waals surface area contributed by atoms with Gasteiger partial charge in [-0.1, -0.05) is 30.3 Å². The van der Waals surface area contributed by atoms with Gasteiger partial charge in [0.05, 0.1) is 19.3 Å². The summed E-state index contributed by atoms with van der Waals surface area (Å²) in [5.41, 5.74) is 2.53. The summed E-state index contributed by atoms with van der Waals surface area (Å²) in [4.78, 5) is 27.2. The van der Waals surface area contributed by atoms with E-state index in [1.54, 1.807) is 24.3 Å². The number of amides is 2. The quantitative estimate of drug-likeness (QED) is 0.764. The molecule has 160 valence electrons. The van der Waals surface area contributed by atoms with Crippen molar-refractivity contribution < 1.29 is 14.3 Å². The van der Waals surface area contributed by atoms with Crippen molar-refractivity contribution in [3.63, 3.8) is 0 Å². The number of morpholine rings is 1. The molecule has 4 rings (SSSR count). The average molecular weight is 430 g/mol. The van der Waals surface area contributed by atoms with Crippen LogP contribution in [0.5, 0.6) is 0 Å². The molecule has 2 N–H and O–H groups in total. The molecule has 6 nitrogen and oxygen atoms in total. The van der Waals surface area contributed by atoms with Crippen LogP contribution in [-0.4, -0.2) is 49.1 Å². The molecule has 30 heavy (non-hydrogen) atoms. The van der Waals surface area contributed by atoms with Crippen LogP contribution in [0.3, 0.4) is 0 Å². The maximum absolute atomic E-state index is 13.0. The van der Waals surface area contributed by atoms with Gasteiger partial charge in [0, 0.05) is 36.8 Å². The standard InChI is InChI=1S/C23H27N3O3.ClH/c27-22(15-20-16-29-14-12-24-20)25-19-10-8-18(9-11-19)23(28)26-13-4-7-21(26)17-5-2-1-3-6-17;/h1-3,5-6,8-11,20-21,24H,4,7,12-16H2,(H,25,27);1H. The number of rotatable bonds is 5. The summed E-state index contributed by atoms with van der Waals surface area (Å²) in [5, 5.41) is 6.17. The Morgan fingerprint density at radius 2 is 1.87 bits per heavy atom. The second kappa shape index (κ2) is 10.6. The highest BCUT2D eigenvalue weighted by molar-refractivity contribution is 5.96. The average Bonchev–Trinajstić information content (AvgIpc) is 3.25. The van der Waals surface area contributed by atoms with E-state index in [4.69, 9.17) is 4.74 Å². The second-order valence-corrected chi connectivity index (χ2v) is 7.62. The number of hydrogen-bond donors (Lipinski definition) is 2. The normalized spacial score (nSPS) is 21.0. The van der Waals surface area contributed by atoms with Crippen molar-refractivity contribution >= 4 is 29.9 Å². The van der Waals surface area contributed by atoms with Crippen LogP contribution in [0.4, 0.5) is 5.69 Å². The molecular formula is C23H28ClN3O3. The molecule has 2 heterocycles. The molecule has 2 fully saturated rings. The number of ether oxygens (including phenoxy) is 1. The molecule has 0 aliphatic carbocycles. The minimum absolute atomic E-state index is 0. The molecular weight excluding hydrogens is 402 g/mol. The van der Waals surface area contributed by atoms with Crippen molar-refractivity contribution in [2.24, 2.45) is 0 Å². The molecule has 2 aliphatic rings. The van der Waals surface area contributed by atoms with Gasteiger partial charge in [0.1, 0.15) is 0 Å². The Kier molecular flexibility index (Phi) is 7.85. The zero-order valence-corrected chi connectivity index (χ0v) is 17.7. The van der Waals surface area contributed by atoms with Crippen LogP contribution >= 0.6 is 12.4 Å². The van der Waals surface area contributed by atoms with E-state index in [1.807, 2.05) is 23.1 Å². The topological polar surface area (TPSA) is 70.7 Å². The Morgan fingerprint density at radius 3 is 2.57 bits per heavy atom. The number of nitrogens with one attached hydrogen (secondary N) is 2. The molecule has 2 amide bonds. The molecule has 2 unspecified atom stereocenters. The van der Waals surface area contributed by atoms with Gasteiger partial charge < -0.3 is 20.3 Å². The zero-order chi connectivity index (χ0) is 20.1. The van der Waals surface area contributed by atoms with Crippen molar-refractivity contribution in [3.05, 3.63) is 65.7 Å². The predicted molar refractivity (Wildman–Crippen MR) is 119 cm³/mol. The fourth-order valence-corrected chi connectivity index (χ4v) is 4.08. The number of benzene rings is 2. The second-order valence-electron chi connectivity index (χ2n) is 7.62. The summed E-state index contributed by atoms with van der Waals surface area (Å²) in [6.07, 6.45) is 2.37. The Hall–Kier alpha value is -2.41. The first kappa shape index (κ1) is 22.3. The molecule has 0 saturated carbocycles. The number of hydrogen-bond acceptors (Lipinski definition) is 4. The third kappa shape index (κ3) is 5.39. The molecule has 0 radical (unpaired) electrons. The number of nitrogens with zero attached hydrogens (tertiary/aromatic N) is 1. The van der Waals surface area contributed by atoms with Crippen molar-refractivity contribution in [3.8, 4) is 0 Å². The van der Waals surface area contributed by atoms with E-state index < -0.39 is 0 Å². The van der Waals surface area contributed by atoms with Crippen molar-refractivity contribution in [1.29, 1.82) is 0 Å². The molecule has 2 saturated heterocycles. The van der Waals surface area contributed by atoms with Gasteiger partial charge in [-0.3, -0.25) is 9.59 Å². The molecule has 0 spiro atoms. The van der Waals surface area contributed by atoms with Crippen molar-refractivity contribution in [2.75, 3.05) is 31.6 Å². The van der Waals surface area contributed by atoms with Gasteiger partial charge in [-0.2, -0.15) is 0 Å². The van der Waals surface area contributed by atoms with Gasteiger partial charge in [0.2, 0.25) is 5.91 Å². The minimum Gasteiger partial charge on any atom is -0.378 e. The monoisotopic (exact) mass is 429 g/mol. The lowest BCUT2D eigenvalue weighted by molar-refractivity contribution is -0.117. The molecule has 7 heteroatoms. The molecule has 2 aromatic rings. The lowest BCUT2D eigenvalue weighted by Crippen LogP contribution is -2.43. The van der Waals surface area contributed by atoms with Gasteiger partial charge in [-0.15, -0.1) is 12.4 Å². The first-order chi connectivity index (χ1) is 14.2. The van der Waals surface area contributed by atoms with Crippen molar-refractivity contribution in [1.82, 2.24) is 10.2 Å². The van der Waals surface area contributed by atoms with Gasteiger partial charge in [0.15, 0.2) is 0 Å². The number of anilines is 1. The van der Waals surface area contributed by atoms with E-state index in [9.17, 15) is 9.59 Å². The minimum atomic E-state index is -0.0595. The maximum Gasteiger partial charge on any atom is 0.254 e. The smallest absolute Gasteiger partial charge is 0.254 e. The Balaban J connectivity index is 0.00000256. The molecule has 2 aliphatic heterocycles. The number of halogens is 1. The number of likely N-dealkylation sites (tertiary alicyclic amines) is 1. The fraction of sp³-hybridized carbons (Fsp3) is 0.391. The van der Waals surface area contributed by atoms with E-state index >= 15 is 0 Å². The third-order valence-electron chi connectivity index (χ3n) is 5.54. The highest BCUT2D eigenvalue weighted by Crippen LogP contribution is 2.33. The number of carbonyl (C=O) groups excluding carboxylic acids is 2. The lowest BCUT2D eigenvalue weighted by atomic mass is 10.0. The van der Waals surface area contributed by atoms with Crippen molar-refractivity contribution in [2.45, 2.75) is 31.3 Å². The van der Waals surface area contributed by atoms with Crippen LogP contribution in [0.25, 0.3) is 0 Å². The van der Waals surface area contributed by atoms with Crippen LogP contribution in [0.2, 0.25) is 0 Å². The number of carbonyl (C=O) groups is 2. The van der Waals surface area contributed by atoms with E-state index in [2.05, 4.69) is 22.8 Å². The summed E-state index contributed by atoms with van der Waals surface area (Å²) in [5.74, 6) is -0.0199. The van der Waals surface area contributed by atoms with Crippen LogP contribution < -0.4 is 10.6 Å². The van der Waals surface area contributed by atoms with Gasteiger partial charge in [0.25, 0.3) is 5.91 Å². The molecule has 0 bridgehead atoms. The summed E-state index contributed by atoms with van der Waals surface area (Å²) >= 11 is 0. The zero-order valence-electron chi connectivity index (χ0n) is 16.9. The summed E-state index contributed by atoms with van der Waals surface area (Å²) in [6.45, 7) is 2.79. The van der Waals surface area contributed by atoms with Gasteiger partial charge in [-0.25, -0.2) is 0 Å². The molecule has 2 aromatic carbocycles. The third-order valence-corrected chi connectivity index (χ3v) is 5.54. The summed E-state index contributed by atoms with van der Waals surface area (Å²) < 4.78 is 5.38. The molecule has 0 aromatic heterocycles. The van der Waals surface area contributed by atoms with E-state index in [0.29, 0.717) is 30.9 Å². The predicted octanol–water partition coefficient (Wildman–Crippen LogP) is 3.40. The van der Waals surface area contributed by atoms with E-state index in [0.717, 1.165) is 25.9 Å². The van der Waals surface area contributed by atoms with Gasteiger partial charge in [-0.05, 0) is 42.7 Å².